The normalized spacial score (nSPS) is 14.1. The Bertz CT molecular complexity index is 787. The first kappa shape index (κ1) is 18.2. The zero-order valence-corrected chi connectivity index (χ0v) is 16.1. The van der Waals surface area contributed by atoms with Crippen LogP contribution < -0.4 is 4.74 Å². The molecule has 0 aliphatic carbocycles. The molecular formula is C19H26N4O3. The summed E-state index contributed by atoms with van der Waals surface area (Å²) in [4.78, 5) is 13.9. The van der Waals surface area contributed by atoms with E-state index >= 15 is 0 Å². The molecule has 0 saturated heterocycles. The maximum atomic E-state index is 12.2. The van der Waals surface area contributed by atoms with Crippen molar-refractivity contribution in [1.82, 2.24) is 19.7 Å². The fourth-order valence-electron chi connectivity index (χ4n) is 2.97. The van der Waals surface area contributed by atoms with Crippen LogP contribution in [0.15, 0.2) is 18.2 Å². The Labute approximate surface area is 153 Å². The summed E-state index contributed by atoms with van der Waals surface area (Å²) >= 11 is 0. The lowest BCUT2D eigenvalue weighted by atomic mass is 10.1. The van der Waals surface area contributed by atoms with Gasteiger partial charge < -0.3 is 14.0 Å². The zero-order valence-electron chi connectivity index (χ0n) is 16.1. The van der Waals surface area contributed by atoms with Crippen LogP contribution in [0.1, 0.15) is 43.5 Å². The van der Waals surface area contributed by atoms with E-state index < -0.39 is 5.60 Å². The summed E-state index contributed by atoms with van der Waals surface area (Å²) in [5.41, 5.74) is 1.82. The molecule has 1 amide bonds. The molecule has 1 aliphatic rings. The van der Waals surface area contributed by atoms with Crippen molar-refractivity contribution in [1.29, 1.82) is 0 Å². The van der Waals surface area contributed by atoms with Crippen LogP contribution in [0, 0.1) is 13.8 Å². The van der Waals surface area contributed by atoms with Gasteiger partial charge in [-0.3, -0.25) is 4.90 Å². The fraction of sp³-hybridized carbons (Fsp3) is 0.526. The first-order valence-corrected chi connectivity index (χ1v) is 8.81. The van der Waals surface area contributed by atoms with Gasteiger partial charge in [0.1, 0.15) is 18.0 Å². The Hall–Kier alpha value is -2.57. The molecule has 3 rings (SSSR count). The summed E-state index contributed by atoms with van der Waals surface area (Å²) in [5.74, 6) is 2.34. The summed E-state index contributed by atoms with van der Waals surface area (Å²) in [7, 11) is 0. The summed E-state index contributed by atoms with van der Waals surface area (Å²) < 4.78 is 13.3. The lowest BCUT2D eigenvalue weighted by molar-refractivity contribution is 0.0193. The molecule has 0 fully saturated rings. The van der Waals surface area contributed by atoms with Gasteiger partial charge in [-0.2, -0.15) is 0 Å². The van der Waals surface area contributed by atoms with Crippen molar-refractivity contribution in [3.63, 3.8) is 0 Å². The minimum absolute atomic E-state index is 0.320. The number of benzene rings is 1. The van der Waals surface area contributed by atoms with E-state index in [4.69, 9.17) is 9.47 Å². The molecule has 7 nitrogen and oxygen atoms in total. The molecule has 1 aromatic carbocycles. The molecule has 7 heteroatoms. The molecule has 0 atom stereocenters. The van der Waals surface area contributed by atoms with Crippen LogP contribution in [0.5, 0.6) is 5.75 Å². The van der Waals surface area contributed by atoms with Crippen LogP contribution in [-0.2, 0) is 24.4 Å². The predicted molar refractivity (Wildman–Crippen MR) is 96.9 cm³/mol. The second-order valence-corrected chi connectivity index (χ2v) is 7.70. The van der Waals surface area contributed by atoms with Gasteiger partial charge in [0.25, 0.3) is 0 Å². The molecule has 0 bridgehead atoms. The van der Waals surface area contributed by atoms with Crippen LogP contribution in [0.25, 0.3) is 0 Å². The molecule has 0 N–H and O–H groups in total. The van der Waals surface area contributed by atoms with Crippen molar-refractivity contribution >= 4 is 6.09 Å². The van der Waals surface area contributed by atoms with Crippen LogP contribution in [0.2, 0.25) is 0 Å². The van der Waals surface area contributed by atoms with Crippen molar-refractivity contribution in [3.05, 3.63) is 41.0 Å². The molecular weight excluding hydrogens is 332 g/mol. The third-order valence-corrected chi connectivity index (χ3v) is 4.04. The highest BCUT2D eigenvalue weighted by atomic mass is 16.6. The quantitative estimate of drug-likeness (QED) is 0.842. The van der Waals surface area contributed by atoms with E-state index in [0.29, 0.717) is 26.2 Å². The van der Waals surface area contributed by atoms with Crippen LogP contribution in [-0.4, -0.2) is 37.9 Å². The number of aromatic nitrogens is 3. The van der Waals surface area contributed by atoms with E-state index in [1.54, 1.807) is 4.90 Å². The Kier molecular flexibility index (Phi) is 4.89. The molecule has 26 heavy (non-hydrogen) atoms. The third-order valence-electron chi connectivity index (χ3n) is 4.04. The molecule has 1 aromatic heterocycles. The Morgan fingerprint density at radius 1 is 1.12 bits per heavy atom. The third kappa shape index (κ3) is 4.33. The van der Waals surface area contributed by atoms with Gasteiger partial charge in [-0.05, 0) is 57.9 Å². The first-order chi connectivity index (χ1) is 12.2. The van der Waals surface area contributed by atoms with E-state index in [9.17, 15) is 4.79 Å². The fourth-order valence-corrected chi connectivity index (χ4v) is 2.97. The van der Waals surface area contributed by atoms with Gasteiger partial charge in [-0.15, -0.1) is 10.2 Å². The number of carbonyl (C=O) groups excluding carboxylic acids is 1. The molecule has 2 heterocycles. The zero-order chi connectivity index (χ0) is 18.9. The Morgan fingerprint density at radius 2 is 1.81 bits per heavy atom. The second kappa shape index (κ2) is 6.97. The SMILES string of the molecule is Cc1cc(C)cc(OCc2nnc3n2CCN(C(=O)OC(C)(C)C)C3)c1. The molecule has 0 spiro atoms. The average molecular weight is 358 g/mol. The number of ether oxygens (including phenoxy) is 2. The van der Waals surface area contributed by atoms with Gasteiger partial charge in [0.2, 0.25) is 0 Å². The van der Waals surface area contributed by atoms with Crippen molar-refractivity contribution in [2.45, 2.75) is 59.9 Å². The number of amides is 1. The van der Waals surface area contributed by atoms with Gasteiger partial charge in [0.15, 0.2) is 11.6 Å². The standard InChI is InChI=1S/C19H26N4O3/c1-13-8-14(2)10-15(9-13)25-12-17-21-20-16-11-22(6-7-23(16)17)18(24)26-19(3,4)5/h8-10H,6-7,11-12H2,1-5H3. The van der Waals surface area contributed by atoms with Crippen molar-refractivity contribution in [3.8, 4) is 5.75 Å². The Balaban J connectivity index is 1.65. The summed E-state index contributed by atoms with van der Waals surface area (Å²) in [6.07, 6.45) is -0.320. The number of aryl methyl sites for hydroxylation is 2. The minimum atomic E-state index is -0.507. The van der Waals surface area contributed by atoms with Crippen molar-refractivity contribution in [2.24, 2.45) is 0 Å². The number of fused-ring (bicyclic) bond motifs is 1. The maximum absolute atomic E-state index is 12.2. The lowest BCUT2D eigenvalue weighted by Gasteiger charge is -2.30. The van der Waals surface area contributed by atoms with Gasteiger partial charge in [0, 0.05) is 13.1 Å². The highest BCUT2D eigenvalue weighted by Gasteiger charge is 2.28. The monoisotopic (exact) mass is 358 g/mol. The van der Waals surface area contributed by atoms with Gasteiger partial charge >= 0.3 is 6.09 Å². The van der Waals surface area contributed by atoms with Gasteiger partial charge in [-0.1, -0.05) is 6.07 Å². The number of nitrogens with zero attached hydrogens (tertiary/aromatic N) is 4. The molecule has 2 aromatic rings. The summed E-state index contributed by atoms with van der Waals surface area (Å²) in [5, 5.41) is 8.45. The van der Waals surface area contributed by atoms with E-state index in [2.05, 4.69) is 16.3 Å². The largest absolute Gasteiger partial charge is 0.486 e. The second-order valence-electron chi connectivity index (χ2n) is 7.70. The van der Waals surface area contributed by atoms with Crippen LogP contribution in [0.3, 0.4) is 0 Å². The van der Waals surface area contributed by atoms with Gasteiger partial charge in [-0.25, -0.2) is 4.79 Å². The molecule has 0 radical (unpaired) electrons. The highest BCUT2D eigenvalue weighted by Crippen LogP contribution is 2.20. The Morgan fingerprint density at radius 3 is 2.46 bits per heavy atom. The summed E-state index contributed by atoms with van der Waals surface area (Å²) in [6.45, 7) is 11.6. The smallest absolute Gasteiger partial charge is 0.410 e. The predicted octanol–water partition coefficient (Wildman–Crippen LogP) is 3.22. The van der Waals surface area contributed by atoms with Crippen molar-refractivity contribution in [2.75, 3.05) is 6.54 Å². The van der Waals surface area contributed by atoms with E-state index in [0.717, 1.165) is 28.5 Å². The lowest BCUT2D eigenvalue weighted by Crippen LogP contribution is -2.41. The molecule has 1 aliphatic heterocycles. The molecule has 0 saturated carbocycles. The number of hydrogen-bond acceptors (Lipinski definition) is 5. The minimum Gasteiger partial charge on any atom is -0.486 e. The maximum Gasteiger partial charge on any atom is 0.410 e. The number of carbonyl (C=O) groups is 1. The highest BCUT2D eigenvalue weighted by molar-refractivity contribution is 5.68. The van der Waals surface area contributed by atoms with E-state index in [-0.39, 0.29) is 6.09 Å². The molecule has 140 valence electrons. The van der Waals surface area contributed by atoms with Gasteiger partial charge in [0.05, 0.1) is 6.54 Å². The summed E-state index contributed by atoms with van der Waals surface area (Å²) in [6, 6.07) is 6.12. The first-order valence-electron chi connectivity index (χ1n) is 8.81. The van der Waals surface area contributed by atoms with Crippen molar-refractivity contribution < 1.29 is 14.3 Å². The van der Waals surface area contributed by atoms with Crippen LogP contribution in [0.4, 0.5) is 4.79 Å². The number of hydrogen-bond donors (Lipinski definition) is 0. The number of rotatable bonds is 3. The van der Waals surface area contributed by atoms with Crippen LogP contribution >= 0.6 is 0 Å². The van der Waals surface area contributed by atoms with E-state index in [1.165, 1.54) is 0 Å². The topological polar surface area (TPSA) is 69.5 Å². The average Bonchev–Trinajstić information content (AvgIpc) is 2.92. The molecule has 0 unspecified atom stereocenters. The van der Waals surface area contributed by atoms with E-state index in [1.807, 2.05) is 51.3 Å².